The molecule has 20 heavy (non-hydrogen) atoms. The monoisotopic (exact) mass is 283 g/mol. The number of benzene rings is 2. The van der Waals surface area contributed by atoms with E-state index in [4.69, 9.17) is 17.3 Å². The van der Waals surface area contributed by atoms with Gasteiger partial charge in [0.05, 0.1) is 17.9 Å². The van der Waals surface area contributed by atoms with E-state index in [2.05, 4.69) is 5.10 Å². The molecule has 100 valence electrons. The van der Waals surface area contributed by atoms with Crippen LogP contribution in [-0.4, -0.2) is 9.78 Å². The Morgan fingerprint density at radius 3 is 2.35 bits per heavy atom. The molecule has 0 fully saturated rings. The molecule has 0 bridgehead atoms. The van der Waals surface area contributed by atoms with E-state index < -0.39 is 0 Å². The van der Waals surface area contributed by atoms with Crippen LogP contribution in [0.2, 0.25) is 5.02 Å². The summed E-state index contributed by atoms with van der Waals surface area (Å²) in [5, 5.41) is 5.07. The van der Waals surface area contributed by atoms with E-state index in [1.54, 1.807) is 6.20 Å². The van der Waals surface area contributed by atoms with Crippen LogP contribution in [0.5, 0.6) is 0 Å². The zero-order valence-electron chi connectivity index (χ0n) is 10.8. The second-order valence-corrected chi connectivity index (χ2v) is 5.02. The number of nitrogens with zero attached hydrogens (tertiary/aromatic N) is 2. The van der Waals surface area contributed by atoms with Crippen LogP contribution in [0.15, 0.2) is 67.0 Å². The molecular formula is C16H14ClN3. The first kappa shape index (κ1) is 12.9. The number of halogens is 1. The summed E-state index contributed by atoms with van der Waals surface area (Å²) in [6.07, 6.45) is 3.75. The number of hydrogen-bond acceptors (Lipinski definition) is 2. The molecule has 0 amide bonds. The Kier molecular flexibility index (Phi) is 3.54. The Hall–Kier alpha value is -2.10. The van der Waals surface area contributed by atoms with E-state index in [0.717, 1.165) is 16.8 Å². The van der Waals surface area contributed by atoms with Crippen molar-refractivity contribution in [3.8, 4) is 5.69 Å². The summed E-state index contributed by atoms with van der Waals surface area (Å²) < 4.78 is 1.82. The van der Waals surface area contributed by atoms with Crippen LogP contribution in [0.4, 0.5) is 0 Å². The normalized spacial score (nSPS) is 12.3. The Balaban J connectivity index is 1.88. The van der Waals surface area contributed by atoms with Gasteiger partial charge in [0.2, 0.25) is 0 Å². The van der Waals surface area contributed by atoms with Crippen molar-refractivity contribution in [3.05, 3.63) is 83.1 Å². The lowest BCUT2D eigenvalue weighted by atomic mass is 10.0. The van der Waals surface area contributed by atoms with E-state index in [1.165, 1.54) is 0 Å². The van der Waals surface area contributed by atoms with Crippen molar-refractivity contribution in [1.82, 2.24) is 9.78 Å². The summed E-state index contributed by atoms with van der Waals surface area (Å²) in [6, 6.07) is 17.3. The number of aromatic nitrogens is 2. The first-order valence-electron chi connectivity index (χ1n) is 6.35. The molecule has 2 N–H and O–H groups in total. The van der Waals surface area contributed by atoms with Crippen molar-refractivity contribution in [1.29, 1.82) is 0 Å². The van der Waals surface area contributed by atoms with Crippen molar-refractivity contribution in [3.63, 3.8) is 0 Å². The Labute approximate surface area is 122 Å². The highest BCUT2D eigenvalue weighted by Crippen LogP contribution is 2.21. The van der Waals surface area contributed by atoms with Gasteiger partial charge in [0, 0.05) is 16.8 Å². The van der Waals surface area contributed by atoms with E-state index in [9.17, 15) is 0 Å². The van der Waals surface area contributed by atoms with Gasteiger partial charge in [-0.2, -0.15) is 5.10 Å². The molecule has 1 unspecified atom stereocenters. The highest BCUT2D eigenvalue weighted by atomic mass is 35.5. The molecule has 1 atom stereocenters. The standard InChI is InChI=1S/C16H14ClN3/c17-14-8-6-12(7-9-14)16(18)13-10-19-20(11-13)15-4-2-1-3-5-15/h1-11,16H,18H2. The van der Waals surface area contributed by atoms with Crippen molar-refractivity contribution in [2.24, 2.45) is 5.73 Å². The molecule has 1 aromatic heterocycles. The van der Waals surface area contributed by atoms with E-state index in [1.807, 2.05) is 65.5 Å². The number of rotatable bonds is 3. The molecule has 0 aliphatic heterocycles. The zero-order valence-corrected chi connectivity index (χ0v) is 11.5. The zero-order chi connectivity index (χ0) is 13.9. The summed E-state index contributed by atoms with van der Waals surface area (Å²) in [7, 11) is 0. The number of para-hydroxylation sites is 1. The first-order chi connectivity index (χ1) is 9.74. The number of hydrogen-bond donors (Lipinski definition) is 1. The number of nitrogens with two attached hydrogens (primary N) is 1. The van der Waals surface area contributed by atoms with Gasteiger partial charge in [-0.3, -0.25) is 0 Å². The van der Waals surface area contributed by atoms with Gasteiger partial charge < -0.3 is 5.73 Å². The molecule has 0 saturated carbocycles. The minimum Gasteiger partial charge on any atom is -0.320 e. The molecule has 0 saturated heterocycles. The summed E-state index contributed by atoms with van der Waals surface area (Å²) in [6.45, 7) is 0. The maximum absolute atomic E-state index is 6.26. The van der Waals surface area contributed by atoms with Gasteiger partial charge in [0.15, 0.2) is 0 Å². The van der Waals surface area contributed by atoms with Gasteiger partial charge in [-0.1, -0.05) is 41.9 Å². The molecule has 2 aromatic carbocycles. The lowest BCUT2D eigenvalue weighted by Gasteiger charge is -2.09. The van der Waals surface area contributed by atoms with Gasteiger partial charge >= 0.3 is 0 Å². The Morgan fingerprint density at radius 2 is 1.65 bits per heavy atom. The minimum absolute atomic E-state index is 0.204. The largest absolute Gasteiger partial charge is 0.320 e. The summed E-state index contributed by atoms with van der Waals surface area (Å²) >= 11 is 5.89. The van der Waals surface area contributed by atoms with Gasteiger partial charge in [-0.25, -0.2) is 4.68 Å². The fraction of sp³-hybridized carbons (Fsp3) is 0.0625. The lowest BCUT2D eigenvalue weighted by Crippen LogP contribution is -2.10. The van der Waals surface area contributed by atoms with Crippen LogP contribution in [-0.2, 0) is 0 Å². The van der Waals surface area contributed by atoms with Crippen molar-refractivity contribution in [2.45, 2.75) is 6.04 Å². The molecule has 3 rings (SSSR count). The highest BCUT2D eigenvalue weighted by Gasteiger charge is 2.11. The molecule has 1 heterocycles. The second kappa shape index (κ2) is 5.49. The van der Waals surface area contributed by atoms with Gasteiger partial charge in [0.1, 0.15) is 0 Å². The van der Waals surface area contributed by atoms with Gasteiger partial charge in [-0.15, -0.1) is 0 Å². The van der Waals surface area contributed by atoms with E-state index >= 15 is 0 Å². The fourth-order valence-electron chi connectivity index (χ4n) is 2.08. The van der Waals surface area contributed by atoms with Crippen LogP contribution in [0, 0.1) is 0 Å². The topological polar surface area (TPSA) is 43.8 Å². The predicted molar refractivity (Wildman–Crippen MR) is 81.0 cm³/mol. The average Bonchev–Trinajstić information content (AvgIpc) is 2.98. The molecule has 0 radical (unpaired) electrons. The maximum Gasteiger partial charge on any atom is 0.0645 e. The Morgan fingerprint density at radius 1 is 0.950 bits per heavy atom. The van der Waals surface area contributed by atoms with Crippen molar-refractivity contribution >= 4 is 11.6 Å². The molecule has 3 aromatic rings. The Bertz CT molecular complexity index is 689. The van der Waals surface area contributed by atoms with E-state index in [0.29, 0.717) is 5.02 Å². The SMILES string of the molecule is NC(c1ccc(Cl)cc1)c1cnn(-c2ccccc2)c1. The summed E-state index contributed by atoms with van der Waals surface area (Å²) in [5.74, 6) is 0. The molecular weight excluding hydrogens is 270 g/mol. The van der Waals surface area contributed by atoms with Gasteiger partial charge in [-0.05, 0) is 29.8 Å². The molecule has 4 heteroatoms. The molecule has 0 aliphatic carbocycles. The quantitative estimate of drug-likeness (QED) is 0.798. The van der Waals surface area contributed by atoms with Crippen LogP contribution in [0.3, 0.4) is 0 Å². The third-order valence-corrected chi connectivity index (χ3v) is 3.46. The first-order valence-corrected chi connectivity index (χ1v) is 6.73. The summed E-state index contributed by atoms with van der Waals surface area (Å²) in [5.41, 5.74) is 9.26. The average molecular weight is 284 g/mol. The minimum atomic E-state index is -0.204. The van der Waals surface area contributed by atoms with Crippen molar-refractivity contribution in [2.75, 3.05) is 0 Å². The second-order valence-electron chi connectivity index (χ2n) is 4.58. The van der Waals surface area contributed by atoms with Crippen LogP contribution >= 0.6 is 11.6 Å². The maximum atomic E-state index is 6.26. The molecule has 0 aliphatic rings. The molecule has 0 spiro atoms. The van der Waals surface area contributed by atoms with Crippen LogP contribution in [0.1, 0.15) is 17.2 Å². The third-order valence-electron chi connectivity index (χ3n) is 3.21. The highest BCUT2D eigenvalue weighted by molar-refractivity contribution is 6.30. The summed E-state index contributed by atoms with van der Waals surface area (Å²) in [4.78, 5) is 0. The van der Waals surface area contributed by atoms with Crippen LogP contribution < -0.4 is 5.73 Å². The fourth-order valence-corrected chi connectivity index (χ4v) is 2.21. The van der Waals surface area contributed by atoms with Crippen LogP contribution in [0.25, 0.3) is 5.69 Å². The predicted octanol–water partition coefficient (Wildman–Crippen LogP) is 3.57. The smallest absolute Gasteiger partial charge is 0.0645 e. The van der Waals surface area contributed by atoms with E-state index in [-0.39, 0.29) is 6.04 Å². The van der Waals surface area contributed by atoms with Crippen molar-refractivity contribution < 1.29 is 0 Å². The van der Waals surface area contributed by atoms with Gasteiger partial charge in [0.25, 0.3) is 0 Å². The lowest BCUT2D eigenvalue weighted by molar-refractivity contribution is 0.862. The third kappa shape index (κ3) is 2.59. The molecule has 3 nitrogen and oxygen atoms in total.